The Morgan fingerprint density at radius 1 is 1.00 bits per heavy atom. The van der Waals surface area contributed by atoms with Crippen LogP contribution in [-0.2, 0) is 26.7 Å². The number of pyridine rings is 1. The highest BCUT2D eigenvalue weighted by Crippen LogP contribution is 2.52. The van der Waals surface area contributed by atoms with Gasteiger partial charge in [-0.25, -0.2) is 4.90 Å². The Bertz CT molecular complexity index is 1820. The van der Waals surface area contributed by atoms with E-state index in [2.05, 4.69) is 20.9 Å². The summed E-state index contributed by atoms with van der Waals surface area (Å²) < 4.78 is 89.1. The van der Waals surface area contributed by atoms with Crippen LogP contribution in [0.3, 0.4) is 0 Å². The minimum Gasteiger partial charge on any atom is -0.507 e. The van der Waals surface area contributed by atoms with Crippen molar-refractivity contribution in [3.05, 3.63) is 98.8 Å². The summed E-state index contributed by atoms with van der Waals surface area (Å²) in [6.07, 6.45) is -6.22. The number of imide groups is 1. The molecule has 3 heterocycles. The van der Waals surface area contributed by atoms with E-state index in [0.717, 1.165) is 21.2 Å². The first-order valence-corrected chi connectivity index (χ1v) is 16.5. The molecule has 6 rings (SSSR count). The lowest BCUT2D eigenvalue weighted by atomic mass is 9.67. The lowest BCUT2D eigenvalue weighted by Gasteiger charge is -2.33. The van der Waals surface area contributed by atoms with E-state index >= 15 is 0 Å². The number of alkyl halides is 6. The van der Waals surface area contributed by atoms with Crippen LogP contribution >= 0.6 is 15.9 Å². The molecule has 2 amide bonds. The van der Waals surface area contributed by atoms with E-state index in [1.807, 2.05) is 32.1 Å². The summed E-state index contributed by atoms with van der Waals surface area (Å²) in [5.74, 6) is -4.18. The van der Waals surface area contributed by atoms with Crippen molar-refractivity contribution in [2.45, 2.75) is 51.6 Å². The highest BCUT2D eigenvalue weighted by Gasteiger charge is 2.58. The number of amides is 2. The summed E-state index contributed by atoms with van der Waals surface area (Å²) in [7, 11) is 0. The third-order valence-electron chi connectivity index (χ3n) is 9.46. The molecule has 1 aliphatic carbocycles. The van der Waals surface area contributed by atoms with Gasteiger partial charge in [-0.2, -0.15) is 26.3 Å². The Morgan fingerprint density at radius 2 is 1.69 bits per heavy atom. The minimum absolute atomic E-state index is 0.0286. The molecule has 49 heavy (non-hydrogen) atoms. The minimum atomic E-state index is -5.14. The SMILES string of the molecule is CC(C)C1=C2[C@@H](CC/C(=C/c3cc(Br)ccc3O)c3ccccn3)OC[C@@H]2[C@@H]2C(=O)N(c3cc(C(F)(F)F)cc(C(F)(F)F)c3)C(=O)[C@@H]2C1. The summed E-state index contributed by atoms with van der Waals surface area (Å²) in [6, 6.07) is 11.3. The van der Waals surface area contributed by atoms with Gasteiger partial charge in [0, 0.05) is 22.2 Å². The number of allylic oxidation sites excluding steroid dienone is 2. The molecule has 1 aromatic heterocycles. The van der Waals surface area contributed by atoms with Gasteiger partial charge in [-0.1, -0.05) is 41.4 Å². The summed E-state index contributed by atoms with van der Waals surface area (Å²) in [5.41, 5.74) is -0.153. The second-order valence-corrected chi connectivity index (χ2v) is 13.7. The van der Waals surface area contributed by atoms with Gasteiger partial charge in [0.2, 0.25) is 11.8 Å². The van der Waals surface area contributed by atoms with Crippen LogP contribution in [0.2, 0.25) is 0 Å². The smallest absolute Gasteiger partial charge is 0.416 e. The summed E-state index contributed by atoms with van der Waals surface area (Å²) >= 11 is 3.43. The molecule has 3 aliphatic rings. The number of aromatic hydroxyl groups is 1. The molecule has 2 saturated heterocycles. The number of benzene rings is 2. The first-order chi connectivity index (χ1) is 23.0. The van der Waals surface area contributed by atoms with Gasteiger partial charge in [-0.15, -0.1) is 0 Å². The highest BCUT2D eigenvalue weighted by atomic mass is 79.9. The molecule has 2 fully saturated rings. The van der Waals surface area contributed by atoms with Crippen molar-refractivity contribution in [3.63, 3.8) is 0 Å². The van der Waals surface area contributed by atoms with Crippen molar-refractivity contribution < 1.29 is 45.8 Å². The summed E-state index contributed by atoms with van der Waals surface area (Å²) in [4.78, 5) is 32.7. The van der Waals surface area contributed by atoms with E-state index < -0.39 is 64.8 Å². The molecule has 6 nitrogen and oxygen atoms in total. The topological polar surface area (TPSA) is 79.7 Å². The molecule has 4 atom stereocenters. The fourth-order valence-corrected chi connectivity index (χ4v) is 7.60. The van der Waals surface area contributed by atoms with E-state index in [4.69, 9.17) is 4.74 Å². The second kappa shape index (κ2) is 13.1. The third kappa shape index (κ3) is 6.79. The Balaban J connectivity index is 1.32. The largest absolute Gasteiger partial charge is 0.507 e. The van der Waals surface area contributed by atoms with Gasteiger partial charge in [-0.05, 0) is 90.9 Å². The zero-order valence-corrected chi connectivity index (χ0v) is 27.9. The molecule has 0 saturated carbocycles. The fraction of sp³-hybridized carbons (Fsp3) is 0.361. The number of nitrogens with zero attached hydrogens (tertiary/aromatic N) is 2. The molecular weight excluding hydrogens is 718 g/mol. The average molecular weight is 750 g/mol. The van der Waals surface area contributed by atoms with Crippen LogP contribution in [0.4, 0.5) is 32.0 Å². The first-order valence-electron chi connectivity index (χ1n) is 15.7. The predicted octanol–water partition coefficient (Wildman–Crippen LogP) is 9.09. The molecule has 2 aromatic carbocycles. The molecule has 0 bridgehead atoms. The van der Waals surface area contributed by atoms with Gasteiger partial charge < -0.3 is 9.84 Å². The number of carbonyl (C=O) groups excluding carboxylic acids is 2. The second-order valence-electron chi connectivity index (χ2n) is 12.8. The van der Waals surface area contributed by atoms with Crippen molar-refractivity contribution >= 4 is 45.1 Å². The maximum Gasteiger partial charge on any atom is 0.416 e. The van der Waals surface area contributed by atoms with Gasteiger partial charge in [0.15, 0.2) is 0 Å². The number of aromatic nitrogens is 1. The molecule has 3 aromatic rings. The molecule has 13 heteroatoms. The van der Waals surface area contributed by atoms with Crippen molar-refractivity contribution in [2.75, 3.05) is 11.5 Å². The van der Waals surface area contributed by atoms with Crippen molar-refractivity contribution in [1.82, 2.24) is 4.98 Å². The van der Waals surface area contributed by atoms with Crippen molar-refractivity contribution in [1.29, 1.82) is 0 Å². The van der Waals surface area contributed by atoms with E-state index in [1.54, 1.807) is 30.5 Å². The zero-order valence-electron chi connectivity index (χ0n) is 26.3. The van der Waals surface area contributed by atoms with Crippen LogP contribution < -0.4 is 4.90 Å². The van der Waals surface area contributed by atoms with Crippen LogP contribution in [0, 0.1) is 23.7 Å². The van der Waals surface area contributed by atoms with E-state index in [1.165, 1.54) is 0 Å². The highest BCUT2D eigenvalue weighted by molar-refractivity contribution is 9.10. The number of phenols is 1. The maximum absolute atomic E-state index is 13.9. The van der Waals surface area contributed by atoms with E-state index in [0.29, 0.717) is 41.1 Å². The van der Waals surface area contributed by atoms with Gasteiger partial charge in [-0.3, -0.25) is 14.6 Å². The number of carbonyl (C=O) groups is 2. The van der Waals surface area contributed by atoms with Crippen molar-refractivity contribution in [2.24, 2.45) is 23.7 Å². The van der Waals surface area contributed by atoms with Gasteiger partial charge >= 0.3 is 12.4 Å². The Kier molecular flexibility index (Phi) is 9.29. The Morgan fingerprint density at radius 3 is 2.31 bits per heavy atom. The number of halogens is 7. The maximum atomic E-state index is 13.9. The number of hydrogen-bond acceptors (Lipinski definition) is 5. The number of phenolic OH excluding ortho intramolecular Hbond substituents is 1. The van der Waals surface area contributed by atoms with Crippen LogP contribution in [0.25, 0.3) is 11.6 Å². The van der Waals surface area contributed by atoms with Gasteiger partial charge in [0.05, 0.1) is 47.1 Å². The molecule has 0 radical (unpaired) electrons. The Hall–Kier alpha value is -3.97. The summed E-state index contributed by atoms with van der Waals surface area (Å²) in [6.45, 7) is 3.94. The quantitative estimate of drug-likeness (QED) is 0.148. The van der Waals surface area contributed by atoms with Crippen LogP contribution in [-0.4, -0.2) is 34.6 Å². The first kappa shape index (κ1) is 34.9. The van der Waals surface area contributed by atoms with Crippen molar-refractivity contribution in [3.8, 4) is 5.75 Å². The molecular formula is C36H31BrF6N2O4. The van der Waals surface area contributed by atoms with Crippen LogP contribution in [0.1, 0.15) is 55.5 Å². The van der Waals surface area contributed by atoms with E-state index in [-0.39, 0.29) is 30.8 Å². The number of anilines is 1. The standard InChI is InChI=1S/C36H31BrF6N2O4/c1-18(2)25-16-26-32(34(48)45(33(26)47)24-14-21(35(38,39)40)13-22(15-24)36(41,42)43)27-17-49-30(31(25)27)9-6-19(28-5-3-4-10-44-28)11-20-12-23(37)7-8-29(20)46/h3-5,7-8,10-15,18,26-27,30,32,46H,6,9,16-17H2,1-2H3/b19-11-/t26-,27+,30-,32-/m1/s1. The summed E-state index contributed by atoms with van der Waals surface area (Å²) in [5, 5.41) is 10.5. The molecule has 0 unspecified atom stereocenters. The molecule has 0 spiro atoms. The number of rotatable bonds is 7. The molecule has 2 aliphatic heterocycles. The van der Waals surface area contributed by atoms with Crippen LogP contribution in [0.15, 0.2) is 76.4 Å². The fourth-order valence-electron chi connectivity index (χ4n) is 7.22. The average Bonchev–Trinajstić information content (AvgIpc) is 3.57. The third-order valence-corrected chi connectivity index (χ3v) is 9.95. The predicted molar refractivity (Wildman–Crippen MR) is 173 cm³/mol. The van der Waals surface area contributed by atoms with Crippen LogP contribution in [0.5, 0.6) is 5.75 Å². The number of hydrogen-bond donors (Lipinski definition) is 1. The lowest BCUT2D eigenvalue weighted by molar-refractivity contribution is -0.143. The molecule has 258 valence electrons. The number of fused-ring (bicyclic) bond motifs is 3. The number of ether oxygens (including phenoxy) is 1. The molecule has 1 N–H and O–H groups in total. The van der Waals surface area contributed by atoms with Gasteiger partial charge in [0.1, 0.15) is 5.75 Å². The monoisotopic (exact) mass is 748 g/mol. The Labute approximate surface area is 286 Å². The van der Waals surface area contributed by atoms with Gasteiger partial charge in [0.25, 0.3) is 0 Å². The van der Waals surface area contributed by atoms with E-state index in [9.17, 15) is 41.0 Å². The zero-order chi connectivity index (χ0) is 35.4. The normalized spacial score (nSPS) is 23.1. The lowest BCUT2D eigenvalue weighted by Crippen LogP contribution is -2.35.